The summed E-state index contributed by atoms with van der Waals surface area (Å²) >= 11 is 3.27. The van der Waals surface area contributed by atoms with Crippen LogP contribution in [0.5, 0.6) is 0 Å². The van der Waals surface area contributed by atoms with Crippen molar-refractivity contribution in [3.63, 3.8) is 0 Å². The molecule has 1 aromatic rings. The van der Waals surface area contributed by atoms with Gasteiger partial charge in [-0.25, -0.2) is 12.7 Å². The Balaban J connectivity index is 2.23. The first kappa shape index (κ1) is 13.8. The first-order chi connectivity index (χ1) is 8.41. The quantitative estimate of drug-likeness (QED) is 0.861. The van der Waals surface area contributed by atoms with Gasteiger partial charge in [0.15, 0.2) is 0 Å². The second-order valence-corrected chi connectivity index (χ2v) is 7.69. The van der Waals surface area contributed by atoms with Crippen LogP contribution >= 0.6 is 15.9 Å². The fourth-order valence-corrected chi connectivity index (χ4v) is 3.78. The van der Waals surface area contributed by atoms with E-state index in [2.05, 4.69) is 15.9 Å². The molecule has 1 aliphatic rings. The van der Waals surface area contributed by atoms with Crippen LogP contribution in [0.1, 0.15) is 19.3 Å². The smallest absolute Gasteiger partial charge is 0.244 e. The van der Waals surface area contributed by atoms with Gasteiger partial charge in [-0.05, 0) is 37.0 Å². The SMILES string of the molecule is CN(CC1CCC1)S(=O)(=O)c1ccc(Br)cc1N. The van der Waals surface area contributed by atoms with Crippen LogP contribution < -0.4 is 5.73 Å². The van der Waals surface area contributed by atoms with Gasteiger partial charge in [-0.1, -0.05) is 22.4 Å². The molecule has 0 bridgehead atoms. The molecule has 0 spiro atoms. The van der Waals surface area contributed by atoms with E-state index in [0.717, 1.165) is 17.3 Å². The van der Waals surface area contributed by atoms with Crippen molar-refractivity contribution in [3.8, 4) is 0 Å². The first-order valence-electron chi connectivity index (χ1n) is 5.92. The first-order valence-corrected chi connectivity index (χ1v) is 8.16. The summed E-state index contributed by atoms with van der Waals surface area (Å²) in [5.74, 6) is 0.501. The Kier molecular flexibility index (Phi) is 3.99. The van der Waals surface area contributed by atoms with Crippen LogP contribution in [0, 0.1) is 5.92 Å². The zero-order chi connectivity index (χ0) is 13.3. The molecule has 0 atom stereocenters. The maximum absolute atomic E-state index is 12.4. The zero-order valence-corrected chi connectivity index (χ0v) is 12.7. The summed E-state index contributed by atoms with van der Waals surface area (Å²) in [5, 5.41) is 0. The molecule has 0 saturated heterocycles. The molecule has 2 rings (SSSR count). The van der Waals surface area contributed by atoms with E-state index in [-0.39, 0.29) is 10.6 Å². The van der Waals surface area contributed by atoms with Crippen LogP contribution in [-0.2, 0) is 10.0 Å². The Labute approximate surface area is 116 Å². The second kappa shape index (κ2) is 5.19. The van der Waals surface area contributed by atoms with Gasteiger partial charge in [-0.3, -0.25) is 0 Å². The van der Waals surface area contributed by atoms with Crippen molar-refractivity contribution >= 4 is 31.6 Å². The van der Waals surface area contributed by atoms with E-state index in [1.807, 2.05) is 0 Å². The second-order valence-electron chi connectivity index (χ2n) is 4.76. The third-order valence-corrected chi connectivity index (χ3v) is 5.79. The molecule has 6 heteroatoms. The van der Waals surface area contributed by atoms with Crippen LogP contribution in [-0.4, -0.2) is 26.3 Å². The lowest BCUT2D eigenvalue weighted by atomic mass is 9.86. The Hall–Kier alpha value is -0.590. The zero-order valence-electron chi connectivity index (χ0n) is 10.3. The number of benzene rings is 1. The average molecular weight is 333 g/mol. The minimum atomic E-state index is -3.47. The topological polar surface area (TPSA) is 63.4 Å². The molecule has 0 heterocycles. The number of sulfonamides is 1. The normalized spacial score (nSPS) is 16.8. The number of nitrogen functional groups attached to an aromatic ring is 1. The van der Waals surface area contributed by atoms with Gasteiger partial charge in [0.2, 0.25) is 10.0 Å². The summed E-state index contributed by atoms with van der Waals surface area (Å²) in [4.78, 5) is 0.188. The van der Waals surface area contributed by atoms with E-state index in [1.54, 1.807) is 25.2 Å². The number of nitrogens with zero attached hydrogens (tertiary/aromatic N) is 1. The van der Waals surface area contributed by atoms with E-state index < -0.39 is 10.0 Å². The maximum atomic E-state index is 12.4. The predicted molar refractivity (Wildman–Crippen MR) is 75.7 cm³/mol. The average Bonchev–Trinajstić information content (AvgIpc) is 2.22. The van der Waals surface area contributed by atoms with Gasteiger partial charge >= 0.3 is 0 Å². The summed E-state index contributed by atoms with van der Waals surface area (Å²) in [6.45, 7) is 0.581. The van der Waals surface area contributed by atoms with Crippen molar-refractivity contribution in [1.82, 2.24) is 4.31 Å². The number of halogens is 1. The highest BCUT2D eigenvalue weighted by Crippen LogP contribution is 2.30. The summed E-state index contributed by atoms with van der Waals surface area (Å²) in [7, 11) is -1.85. The van der Waals surface area contributed by atoms with Crippen LogP contribution in [0.4, 0.5) is 5.69 Å². The third kappa shape index (κ3) is 2.70. The number of anilines is 1. The molecule has 2 N–H and O–H groups in total. The predicted octanol–water partition coefficient (Wildman–Crippen LogP) is 2.45. The summed E-state index contributed by atoms with van der Waals surface area (Å²) in [6, 6.07) is 4.86. The summed E-state index contributed by atoms with van der Waals surface area (Å²) in [5.41, 5.74) is 6.07. The summed E-state index contributed by atoms with van der Waals surface area (Å²) < 4.78 is 26.9. The van der Waals surface area contributed by atoms with Gasteiger partial charge in [0.1, 0.15) is 4.90 Å². The number of hydrogen-bond donors (Lipinski definition) is 1. The lowest BCUT2D eigenvalue weighted by molar-refractivity contribution is 0.263. The van der Waals surface area contributed by atoms with E-state index in [9.17, 15) is 8.42 Å². The molecule has 0 amide bonds. The summed E-state index contributed by atoms with van der Waals surface area (Å²) in [6.07, 6.45) is 3.45. The lowest BCUT2D eigenvalue weighted by Gasteiger charge is -2.29. The third-order valence-electron chi connectivity index (χ3n) is 3.40. The van der Waals surface area contributed by atoms with E-state index in [4.69, 9.17) is 5.73 Å². The van der Waals surface area contributed by atoms with Crippen molar-refractivity contribution < 1.29 is 8.42 Å². The molecule has 4 nitrogen and oxygen atoms in total. The highest BCUT2D eigenvalue weighted by Gasteiger charge is 2.27. The van der Waals surface area contributed by atoms with Gasteiger partial charge in [0.05, 0.1) is 5.69 Å². The molecule has 0 aromatic heterocycles. The van der Waals surface area contributed by atoms with Gasteiger partial charge < -0.3 is 5.73 Å². The van der Waals surface area contributed by atoms with Crippen LogP contribution in [0.2, 0.25) is 0 Å². The molecule has 1 fully saturated rings. The molecule has 0 unspecified atom stereocenters. The Morgan fingerprint density at radius 2 is 2.11 bits per heavy atom. The van der Waals surface area contributed by atoms with Crippen molar-refractivity contribution in [2.75, 3.05) is 19.3 Å². The molecule has 1 saturated carbocycles. The fourth-order valence-electron chi connectivity index (χ4n) is 2.06. The van der Waals surface area contributed by atoms with E-state index in [1.165, 1.54) is 10.7 Å². The Morgan fingerprint density at radius 1 is 1.44 bits per heavy atom. The van der Waals surface area contributed by atoms with Gasteiger partial charge in [-0.15, -0.1) is 0 Å². The van der Waals surface area contributed by atoms with Crippen molar-refractivity contribution in [1.29, 1.82) is 0 Å². The molecule has 18 heavy (non-hydrogen) atoms. The highest BCUT2D eigenvalue weighted by molar-refractivity contribution is 9.10. The van der Waals surface area contributed by atoms with Crippen LogP contribution in [0.3, 0.4) is 0 Å². The monoisotopic (exact) mass is 332 g/mol. The number of rotatable bonds is 4. The highest BCUT2D eigenvalue weighted by atomic mass is 79.9. The van der Waals surface area contributed by atoms with Crippen molar-refractivity contribution in [3.05, 3.63) is 22.7 Å². The minimum absolute atomic E-state index is 0.188. The molecule has 1 aromatic carbocycles. The van der Waals surface area contributed by atoms with Gasteiger partial charge in [-0.2, -0.15) is 0 Å². The van der Waals surface area contributed by atoms with E-state index in [0.29, 0.717) is 12.5 Å². The molecular weight excluding hydrogens is 316 g/mol. The van der Waals surface area contributed by atoms with Crippen LogP contribution in [0.25, 0.3) is 0 Å². The lowest BCUT2D eigenvalue weighted by Crippen LogP contribution is -2.34. The number of nitrogens with two attached hydrogens (primary N) is 1. The molecular formula is C12H17BrN2O2S. The van der Waals surface area contributed by atoms with Gasteiger partial charge in [0, 0.05) is 18.1 Å². The minimum Gasteiger partial charge on any atom is -0.398 e. The fraction of sp³-hybridized carbons (Fsp3) is 0.500. The van der Waals surface area contributed by atoms with Crippen molar-refractivity contribution in [2.24, 2.45) is 5.92 Å². The van der Waals surface area contributed by atoms with Crippen molar-refractivity contribution in [2.45, 2.75) is 24.2 Å². The molecule has 100 valence electrons. The molecule has 0 aliphatic heterocycles. The van der Waals surface area contributed by atoms with Crippen LogP contribution in [0.15, 0.2) is 27.6 Å². The Morgan fingerprint density at radius 3 is 2.61 bits per heavy atom. The molecule has 1 aliphatic carbocycles. The largest absolute Gasteiger partial charge is 0.398 e. The number of hydrogen-bond acceptors (Lipinski definition) is 3. The maximum Gasteiger partial charge on any atom is 0.244 e. The standard InChI is InChI=1S/C12H17BrN2O2S/c1-15(8-9-3-2-4-9)18(16,17)12-6-5-10(13)7-11(12)14/h5-7,9H,2-4,8,14H2,1H3. The van der Waals surface area contributed by atoms with E-state index >= 15 is 0 Å². The molecule has 0 radical (unpaired) electrons. The Bertz CT molecular complexity index is 541. The van der Waals surface area contributed by atoms with Gasteiger partial charge in [0.25, 0.3) is 0 Å².